The van der Waals surface area contributed by atoms with Crippen LogP contribution in [0.5, 0.6) is 0 Å². The molecule has 0 heterocycles. The Bertz CT molecular complexity index is 801. The molecule has 0 unspecified atom stereocenters. The normalized spacial score (nSPS) is 10.8. The van der Waals surface area contributed by atoms with Crippen molar-refractivity contribution in [1.29, 1.82) is 0 Å². The molecule has 26 heavy (non-hydrogen) atoms. The zero-order valence-corrected chi connectivity index (χ0v) is 15.8. The number of benzene rings is 3. The maximum Gasteiger partial charge on any atom is 0.123 e. The molecule has 0 aliphatic heterocycles. The predicted molar refractivity (Wildman–Crippen MR) is 109 cm³/mol. The first kappa shape index (κ1) is 18.0. The van der Waals surface area contributed by atoms with Gasteiger partial charge >= 0.3 is 0 Å². The highest BCUT2D eigenvalue weighted by atomic mass is 19.1. The summed E-state index contributed by atoms with van der Waals surface area (Å²) in [5.74, 6) is -0.208. The van der Waals surface area contributed by atoms with Crippen molar-refractivity contribution < 1.29 is 4.39 Å². The minimum atomic E-state index is -0.206. The molecule has 0 radical (unpaired) electrons. The van der Waals surface area contributed by atoms with Crippen LogP contribution >= 0.6 is 0 Å². The maximum absolute atomic E-state index is 13.9. The minimum absolute atomic E-state index is 0.00174. The molecular weight excluding hydrogens is 323 g/mol. The molecular formula is C23H25FN2. The Hall–Kier alpha value is -2.81. The van der Waals surface area contributed by atoms with Crippen molar-refractivity contribution in [1.82, 2.24) is 0 Å². The van der Waals surface area contributed by atoms with E-state index in [1.165, 1.54) is 6.07 Å². The van der Waals surface area contributed by atoms with Gasteiger partial charge in [-0.25, -0.2) is 4.39 Å². The van der Waals surface area contributed by atoms with Gasteiger partial charge in [0.25, 0.3) is 0 Å². The Kier molecular flexibility index (Phi) is 5.27. The first-order valence-electron chi connectivity index (χ1n) is 8.76. The van der Waals surface area contributed by atoms with E-state index in [-0.39, 0.29) is 11.7 Å². The van der Waals surface area contributed by atoms with Crippen molar-refractivity contribution >= 4 is 11.4 Å². The largest absolute Gasteiger partial charge is 0.378 e. The Morgan fingerprint density at radius 3 is 1.46 bits per heavy atom. The van der Waals surface area contributed by atoms with Crippen LogP contribution in [0.4, 0.5) is 15.8 Å². The third-order valence-electron chi connectivity index (χ3n) is 4.67. The molecule has 0 spiro atoms. The van der Waals surface area contributed by atoms with E-state index < -0.39 is 0 Å². The van der Waals surface area contributed by atoms with E-state index in [0.717, 1.165) is 28.1 Å². The summed E-state index contributed by atoms with van der Waals surface area (Å²) in [7, 11) is 8.11. The van der Waals surface area contributed by atoms with Gasteiger partial charge in [-0.2, -0.15) is 0 Å². The number of anilines is 2. The Labute approximate surface area is 155 Å². The molecule has 0 fully saturated rings. The van der Waals surface area contributed by atoms with Gasteiger partial charge in [0.05, 0.1) is 0 Å². The fourth-order valence-corrected chi connectivity index (χ4v) is 3.19. The standard InChI is InChI=1S/C23H25FN2/c1-25(2)21-12-8-17(9-13-21)23(19-6-5-7-20(24)16-19)18-10-14-22(15-11-18)26(3)4/h5-16,23H,1-4H3. The van der Waals surface area contributed by atoms with Crippen LogP contribution in [-0.4, -0.2) is 28.2 Å². The molecule has 0 N–H and O–H groups in total. The van der Waals surface area contributed by atoms with Gasteiger partial charge in [-0.15, -0.1) is 0 Å². The molecule has 0 bridgehead atoms. The van der Waals surface area contributed by atoms with Crippen molar-refractivity contribution in [3.05, 3.63) is 95.3 Å². The first-order valence-corrected chi connectivity index (χ1v) is 8.76. The molecule has 0 amide bonds. The highest BCUT2D eigenvalue weighted by Gasteiger charge is 2.17. The number of rotatable bonds is 5. The van der Waals surface area contributed by atoms with Gasteiger partial charge in [0, 0.05) is 45.5 Å². The van der Waals surface area contributed by atoms with Crippen LogP contribution in [0.2, 0.25) is 0 Å². The van der Waals surface area contributed by atoms with Crippen LogP contribution in [0.3, 0.4) is 0 Å². The van der Waals surface area contributed by atoms with Gasteiger partial charge in [-0.1, -0.05) is 36.4 Å². The van der Waals surface area contributed by atoms with E-state index in [1.807, 2.05) is 34.3 Å². The van der Waals surface area contributed by atoms with E-state index in [2.05, 4.69) is 58.3 Å². The lowest BCUT2D eigenvalue weighted by molar-refractivity contribution is 0.625. The van der Waals surface area contributed by atoms with E-state index in [1.54, 1.807) is 12.1 Å². The van der Waals surface area contributed by atoms with Gasteiger partial charge < -0.3 is 9.80 Å². The van der Waals surface area contributed by atoms with Crippen molar-refractivity contribution in [2.75, 3.05) is 38.0 Å². The predicted octanol–water partition coefficient (Wildman–Crippen LogP) is 5.14. The summed E-state index contributed by atoms with van der Waals surface area (Å²) in [6.45, 7) is 0. The molecule has 0 aromatic heterocycles. The van der Waals surface area contributed by atoms with E-state index >= 15 is 0 Å². The van der Waals surface area contributed by atoms with Crippen LogP contribution in [-0.2, 0) is 0 Å². The first-order chi connectivity index (χ1) is 12.5. The third-order valence-corrected chi connectivity index (χ3v) is 4.67. The average molecular weight is 348 g/mol. The lowest BCUT2D eigenvalue weighted by Crippen LogP contribution is -2.10. The lowest BCUT2D eigenvalue weighted by Gasteiger charge is -2.21. The summed E-state index contributed by atoms with van der Waals surface area (Å²) in [6.07, 6.45) is 0. The molecule has 2 nitrogen and oxygen atoms in total. The van der Waals surface area contributed by atoms with Crippen LogP contribution in [0.1, 0.15) is 22.6 Å². The smallest absolute Gasteiger partial charge is 0.123 e. The van der Waals surface area contributed by atoms with Crippen LogP contribution in [0, 0.1) is 5.82 Å². The van der Waals surface area contributed by atoms with E-state index in [9.17, 15) is 4.39 Å². The summed E-state index contributed by atoms with van der Waals surface area (Å²) in [5.41, 5.74) is 5.56. The monoisotopic (exact) mass is 348 g/mol. The third kappa shape index (κ3) is 3.88. The van der Waals surface area contributed by atoms with Crippen molar-refractivity contribution in [3.8, 4) is 0 Å². The van der Waals surface area contributed by atoms with Crippen molar-refractivity contribution in [2.45, 2.75) is 5.92 Å². The van der Waals surface area contributed by atoms with Gasteiger partial charge in [0.2, 0.25) is 0 Å². The van der Waals surface area contributed by atoms with Crippen LogP contribution < -0.4 is 9.80 Å². The molecule has 0 atom stereocenters. The Balaban J connectivity index is 2.07. The zero-order valence-electron chi connectivity index (χ0n) is 15.8. The van der Waals surface area contributed by atoms with Gasteiger partial charge in [-0.3, -0.25) is 0 Å². The van der Waals surface area contributed by atoms with Gasteiger partial charge in [0.15, 0.2) is 0 Å². The Morgan fingerprint density at radius 1 is 0.615 bits per heavy atom. The van der Waals surface area contributed by atoms with E-state index in [4.69, 9.17) is 0 Å². The fourth-order valence-electron chi connectivity index (χ4n) is 3.19. The van der Waals surface area contributed by atoms with E-state index in [0.29, 0.717) is 0 Å². The molecule has 134 valence electrons. The highest BCUT2D eigenvalue weighted by Crippen LogP contribution is 2.34. The number of hydrogen-bond donors (Lipinski definition) is 0. The quantitative estimate of drug-likeness (QED) is 0.589. The zero-order chi connectivity index (χ0) is 18.7. The second-order valence-electron chi connectivity index (χ2n) is 6.96. The average Bonchev–Trinajstić information content (AvgIpc) is 2.63. The topological polar surface area (TPSA) is 6.48 Å². The lowest BCUT2D eigenvalue weighted by atomic mass is 9.85. The van der Waals surface area contributed by atoms with Crippen molar-refractivity contribution in [3.63, 3.8) is 0 Å². The Morgan fingerprint density at radius 2 is 1.08 bits per heavy atom. The van der Waals surface area contributed by atoms with Crippen LogP contribution in [0.15, 0.2) is 72.8 Å². The van der Waals surface area contributed by atoms with Crippen molar-refractivity contribution in [2.24, 2.45) is 0 Å². The number of hydrogen-bond acceptors (Lipinski definition) is 2. The minimum Gasteiger partial charge on any atom is -0.378 e. The van der Waals surface area contributed by atoms with Gasteiger partial charge in [-0.05, 0) is 53.1 Å². The molecule has 3 aromatic rings. The molecule has 3 rings (SSSR count). The molecule has 3 aromatic carbocycles. The summed E-state index contributed by atoms with van der Waals surface area (Å²) >= 11 is 0. The number of nitrogens with zero attached hydrogens (tertiary/aromatic N) is 2. The summed E-state index contributed by atoms with van der Waals surface area (Å²) in [4.78, 5) is 4.15. The molecule has 0 saturated heterocycles. The summed E-state index contributed by atoms with van der Waals surface area (Å²) in [6, 6.07) is 23.8. The SMILES string of the molecule is CN(C)c1ccc(C(c2ccc(N(C)C)cc2)c2cccc(F)c2)cc1. The highest BCUT2D eigenvalue weighted by molar-refractivity contribution is 5.53. The fraction of sp³-hybridized carbons (Fsp3) is 0.217. The molecule has 0 saturated carbocycles. The second kappa shape index (κ2) is 7.61. The summed E-state index contributed by atoms with van der Waals surface area (Å²) < 4.78 is 13.9. The van der Waals surface area contributed by atoms with Crippen LogP contribution in [0.25, 0.3) is 0 Å². The summed E-state index contributed by atoms with van der Waals surface area (Å²) in [5, 5.41) is 0. The second-order valence-corrected chi connectivity index (χ2v) is 6.96. The molecule has 0 aliphatic carbocycles. The van der Waals surface area contributed by atoms with Gasteiger partial charge in [0.1, 0.15) is 5.82 Å². The molecule has 3 heteroatoms. The number of halogens is 1. The molecule has 0 aliphatic rings. The maximum atomic E-state index is 13.9.